The number of nitrogens with two attached hydrogens (primary N) is 2. The van der Waals surface area contributed by atoms with Crippen LogP contribution in [0.3, 0.4) is 0 Å². The van der Waals surface area contributed by atoms with Gasteiger partial charge in [-0.15, -0.1) is 0 Å². The molecule has 4 rings (SSSR count). The van der Waals surface area contributed by atoms with Gasteiger partial charge in [-0.05, 0) is 37.5 Å². The summed E-state index contributed by atoms with van der Waals surface area (Å²) >= 11 is 0. The minimum atomic E-state index is -0.703. The fourth-order valence-electron chi connectivity index (χ4n) is 5.80. The van der Waals surface area contributed by atoms with E-state index in [1.54, 1.807) is 0 Å². The van der Waals surface area contributed by atoms with E-state index in [2.05, 4.69) is 4.84 Å². The van der Waals surface area contributed by atoms with Crippen LogP contribution < -0.4 is 11.6 Å². The van der Waals surface area contributed by atoms with E-state index in [9.17, 15) is 9.59 Å². The van der Waals surface area contributed by atoms with Crippen LogP contribution in [0, 0.1) is 22.7 Å². The molecule has 0 heterocycles. The third kappa shape index (κ3) is 1.23. The summed E-state index contributed by atoms with van der Waals surface area (Å²) < 4.78 is 10.8. The van der Waals surface area contributed by atoms with Crippen molar-refractivity contribution >= 4 is 12.1 Å². The molecule has 0 aromatic carbocycles. The second-order valence-corrected chi connectivity index (χ2v) is 6.90. The molecule has 5 atom stereocenters. The Morgan fingerprint density at radius 3 is 2.75 bits per heavy atom. The molecule has 4 N–H and O–H groups in total. The molecule has 4 aliphatic carbocycles. The monoisotopic (exact) mass is 282 g/mol. The highest BCUT2D eigenvalue weighted by atomic mass is 16.7. The van der Waals surface area contributed by atoms with E-state index in [1.807, 2.05) is 0 Å². The maximum atomic E-state index is 11.1. The summed E-state index contributed by atoms with van der Waals surface area (Å²) in [4.78, 5) is 26.0. The topological polar surface area (TPSA) is 114 Å². The van der Waals surface area contributed by atoms with Crippen molar-refractivity contribution in [1.82, 2.24) is 0 Å². The zero-order chi connectivity index (χ0) is 14.2. The van der Waals surface area contributed by atoms with Crippen LogP contribution in [0.25, 0.3) is 0 Å². The van der Waals surface area contributed by atoms with Gasteiger partial charge in [-0.25, -0.2) is 9.59 Å². The number of primary amides is 1. The van der Waals surface area contributed by atoms with Gasteiger partial charge in [0.1, 0.15) is 6.61 Å². The van der Waals surface area contributed by atoms with Crippen molar-refractivity contribution in [2.75, 3.05) is 13.2 Å². The molecule has 4 fully saturated rings. The van der Waals surface area contributed by atoms with Gasteiger partial charge in [0.15, 0.2) is 0 Å². The van der Waals surface area contributed by atoms with Gasteiger partial charge in [0.05, 0.1) is 12.2 Å². The molecule has 1 spiro atoms. The fraction of sp³-hybridized carbons (Fsp3) is 0.846. The highest BCUT2D eigenvalue weighted by Gasteiger charge is 2.91. The standard InChI is InChI=1S/C13H18N2O5/c14-10(17)18-6-11-1-7-2-13(19-3-8(16)20-15)5-12(13,4-11)9(7)11/h7,9H,1-6,15H2,(H2,14,17). The van der Waals surface area contributed by atoms with Gasteiger partial charge in [-0.1, -0.05) is 0 Å². The van der Waals surface area contributed by atoms with E-state index in [4.69, 9.17) is 21.1 Å². The molecule has 4 saturated carbocycles. The van der Waals surface area contributed by atoms with Gasteiger partial charge in [-0.3, -0.25) is 0 Å². The summed E-state index contributed by atoms with van der Waals surface area (Å²) in [5.41, 5.74) is 5.21. The molecule has 7 nitrogen and oxygen atoms in total. The van der Waals surface area contributed by atoms with Crippen molar-refractivity contribution in [3.63, 3.8) is 0 Å². The smallest absolute Gasteiger partial charge is 0.404 e. The van der Waals surface area contributed by atoms with Gasteiger partial charge >= 0.3 is 12.1 Å². The molecule has 0 saturated heterocycles. The SMILES string of the molecule is NOC(=O)COC12CC3CC4(COC(N)=O)CC1(C2)C34. The van der Waals surface area contributed by atoms with Crippen LogP contribution in [-0.4, -0.2) is 30.9 Å². The van der Waals surface area contributed by atoms with Crippen molar-refractivity contribution < 1.29 is 23.9 Å². The van der Waals surface area contributed by atoms with Crippen LogP contribution in [0.5, 0.6) is 0 Å². The van der Waals surface area contributed by atoms with Crippen LogP contribution in [0.1, 0.15) is 25.7 Å². The summed E-state index contributed by atoms with van der Waals surface area (Å²) in [6, 6.07) is 0. The number of carbonyl (C=O) groups excluding carboxylic acids is 2. The van der Waals surface area contributed by atoms with E-state index < -0.39 is 12.1 Å². The lowest BCUT2D eigenvalue weighted by molar-refractivity contribution is -0.204. The Labute approximate surface area is 115 Å². The number of ether oxygens (including phenoxy) is 2. The van der Waals surface area contributed by atoms with Gasteiger partial charge < -0.3 is 20.0 Å². The molecule has 1 amide bonds. The van der Waals surface area contributed by atoms with E-state index in [0.717, 1.165) is 25.7 Å². The zero-order valence-corrected chi connectivity index (χ0v) is 11.1. The molecule has 0 aliphatic heterocycles. The van der Waals surface area contributed by atoms with Crippen molar-refractivity contribution in [3.05, 3.63) is 0 Å². The third-order valence-corrected chi connectivity index (χ3v) is 6.14. The Bertz CT molecular complexity index is 511. The fourth-order valence-corrected chi connectivity index (χ4v) is 5.80. The number of carbonyl (C=O) groups is 2. The Balaban J connectivity index is 1.42. The first-order chi connectivity index (χ1) is 9.47. The molecule has 5 unspecified atom stereocenters. The minimum Gasteiger partial charge on any atom is -0.449 e. The van der Waals surface area contributed by atoms with Gasteiger partial charge in [0, 0.05) is 10.8 Å². The van der Waals surface area contributed by atoms with Crippen LogP contribution in [0.2, 0.25) is 0 Å². The molecule has 0 aromatic heterocycles. The lowest BCUT2D eigenvalue weighted by Crippen LogP contribution is -2.62. The third-order valence-electron chi connectivity index (χ3n) is 6.14. The Kier molecular flexibility index (Phi) is 2.14. The first-order valence-electron chi connectivity index (χ1n) is 6.93. The molecular formula is C13H18N2O5. The minimum absolute atomic E-state index is 0.0809. The number of hydrogen-bond acceptors (Lipinski definition) is 6. The van der Waals surface area contributed by atoms with E-state index in [0.29, 0.717) is 18.4 Å². The van der Waals surface area contributed by atoms with E-state index >= 15 is 0 Å². The molecule has 0 aromatic rings. The van der Waals surface area contributed by atoms with Crippen LogP contribution in [-0.2, 0) is 19.1 Å². The van der Waals surface area contributed by atoms with Crippen molar-refractivity contribution in [2.45, 2.75) is 31.3 Å². The molecule has 4 aliphatic rings. The average Bonchev–Trinajstić information content (AvgIpc) is 2.97. The maximum Gasteiger partial charge on any atom is 0.404 e. The number of hydrogen-bond donors (Lipinski definition) is 2. The molecule has 0 bridgehead atoms. The highest BCUT2D eigenvalue weighted by Crippen LogP contribution is 2.92. The van der Waals surface area contributed by atoms with Gasteiger partial charge in [0.25, 0.3) is 0 Å². The second kappa shape index (κ2) is 3.46. The first-order valence-corrected chi connectivity index (χ1v) is 6.93. The normalized spacial score (nSPS) is 49.2. The average molecular weight is 282 g/mol. The van der Waals surface area contributed by atoms with Crippen molar-refractivity contribution in [2.24, 2.45) is 34.3 Å². The van der Waals surface area contributed by atoms with Crippen LogP contribution in [0.15, 0.2) is 0 Å². The molecule has 110 valence electrons. The van der Waals surface area contributed by atoms with E-state index in [-0.39, 0.29) is 23.0 Å². The van der Waals surface area contributed by atoms with E-state index in [1.165, 1.54) is 0 Å². The molecule has 0 radical (unpaired) electrons. The molecule has 7 heteroatoms. The summed E-state index contributed by atoms with van der Waals surface area (Å²) in [5, 5.41) is 0. The van der Waals surface area contributed by atoms with Crippen LogP contribution in [0.4, 0.5) is 4.79 Å². The Morgan fingerprint density at radius 1 is 1.25 bits per heavy atom. The number of rotatable bonds is 5. The molecule has 20 heavy (non-hydrogen) atoms. The summed E-state index contributed by atoms with van der Waals surface area (Å²) in [7, 11) is 0. The van der Waals surface area contributed by atoms with Crippen LogP contribution >= 0.6 is 0 Å². The quantitative estimate of drug-likeness (QED) is 0.690. The zero-order valence-electron chi connectivity index (χ0n) is 11.1. The second-order valence-electron chi connectivity index (χ2n) is 6.90. The highest BCUT2D eigenvalue weighted by molar-refractivity contribution is 5.70. The van der Waals surface area contributed by atoms with Crippen molar-refractivity contribution in [1.29, 1.82) is 0 Å². The lowest BCUT2D eigenvalue weighted by atomic mass is 9.39. The van der Waals surface area contributed by atoms with Gasteiger partial charge in [-0.2, -0.15) is 5.90 Å². The predicted octanol–water partition coefficient (Wildman–Crippen LogP) is 0.0740. The predicted molar refractivity (Wildman–Crippen MR) is 64.8 cm³/mol. The lowest BCUT2D eigenvalue weighted by Gasteiger charge is -2.65. The maximum absolute atomic E-state index is 11.1. The summed E-state index contributed by atoms with van der Waals surface area (Å²) in [5.74, 6) is 5.47. The summed E-state index contributed by atoms with van der Waals surface area (Å²) in [6.45, 7) is 0.342. The van der Waals surface area contributed by atoms with Crippen molar-refractivity contribution in [3.8, 4) is 0 Å². The molecular weight excluding hydrogens is 264 g/mol. The largest absolute Gasteiger partial charge is 0.449 e. The summed E-state index contributed by atoms with van der Waals surface area (Å²) in [6.07, 6.45) is 3.36. The first kappa shape index (κ1) is 12.4. The Morgan fingerprint density at radius 2 is 2.05 bits per heavy atom. The Hall–Kier alpha value is -1.34. The number of amides is 1. The van der Waals surface area contributed by atoms with Gasteiger partial charge in [0.2, 0.25) is 0 Å².